The number of carbonyl (C=O) groups excluding carboxylic acids is 1. The van der Waals surface area contributed by atoms with Gasteiger partial charge in [-0.15, -0.1) is 0 Å². The van der Waals surface area contributed by atoms with Crippen LogP contribution in [0.25, 0.3) is 11.1 Å². The molecule has 1 aromatic heterocycles. The lowest BCUT2D eigenvalue weighted by Gasteiger charge is -2.10. The molecule has 6 N–H and O–H groups in total. The molecule has 0 atom stereocenters. The van der Waals surface area contributed by atoms with Crippen LogP contribution in [0.2, 0.25) is 0 Å². The number of anilines is 2. The predicted octanol–water partition coefficient (Wildman–Crippen LogP) is 3.38. The van der Waals surface area contributed by atoms with Gasteiger partial charge >= 0.3 is 6.03 Å². The smallest absolute Gasteiger partial charge is 0.326 e. The van der Waals surface area contributed by atoms with Gasteiger partial charge in [0.2, 0.25) is 5.95 Å². The largest absolute Gasteiger partial charge is 0.331 e. The number of nitrogens with zero attached hydrogens (tertiary/aromatic N) is 1. The Labute approximate surface area is 191 Å². The molecule has 0 aliphatic rings. The molecule has 2 amide bonds. The fourth-order valence-electron chi connectivity index (χ4n) is 3.04. The first kappa shape index (κ1) is 24.9. The van der Waals surface area contributed by atoms with Crippen LogP contribution in [0.3, 0.4) is 0 Å². The lowest BCUT2D eigenvalue weighted by molar-refractivity contribution is 0.262. The molecule has 180 valence electrons. The van der Waals surface area contributed by atoms with Gasteiger partial charge < -0.3 is 21.4 Å². The molecule has 0 saturated carbocycles. The molecule has 0 unspecified atom stereocenters. The maximum Gasteiger partial charge on any atom is 0.326 e. The summed E-state index contributed by atoms with van der Waals surface area (Å²) in [6.45, 7) is 2.26. The van der Waals surface area contributed by atoms with E-state index in [1.807, 2.05) is 0 Å². The summed E-state index contributed by atoms with van der Waals surface area (Å²) in [7, 11) is 0. The quantitative estimate of drug-likeness (QED) is 0.251. The van der Waals surface area contributed by atoms with E-state index in [1.54, 1.807) is 0 Å². The average molecular weight is 478 g/mol. The van der Waals surface area contributed by atoms with E-state index < -0.39 is 40.5 Å². The Morgan fingerprint density at radius 2 is 1.74 bits per heavy atom. The number of aromatic amines is 1. The van der Waals surface area contributed by atoms with E-state index >= 15 is 0 Å². The standard InChI is InChI=1S/C22H22F4N6O2/c1-11-5-18(26)19(8-15(11)23)30-22(34)32-21-29-10-13(20(33)31-21)12-6-16(24)14(17(25)7-12)9-28-4-2-3-27/h5-8,10,28H,2-4,9,27H2,1H3,(H3,29,30,31,32,33,34). The molecule has 0 bridgehead atoms. The van der Waals surface area contributed by atoms with Gasteiger partial charge in [-0.25, -0.2) is 22.4 Å². The van der Waals surface area contributed by atoms with Crippen LogP contribution in [0.1, 0.15) is 17.5 Å². The molecule has 0 fully saturated rings. The first-order valence-electron chi connectivity index (χ1n) is 10.2. The summed E-state index contributed by atoms with van der Waals surface area (Å²) < 4.78 is 56.3. The monoisotopic (exact) mass is 478 g/mol. The number of carbonyl (C=O) groups is 1. The number of nitrogens with two attached hydrogens (primary N) is 1. The Bertz CT molecular complexity index is 1240. The second-order valence-electron chi connectivity index (χ2n) is 7.37. The third-order valence-electron chi connectivity index (χ3n) is 4.84. The van der Waals surface area contributed by atoms with Crippen LogP contribution in [0.15, 0.2) is 35.3 Å². The van der Waals surface area contributed by atoms with Crippen molar-refractivity contribution < 1.29 is 22.4 Å². The summed E-state index contributed by atoms with van der Waals surface area (Å²) in [4.78, 5) is 30.6. The van der Waals surface area contributed by atoms with Crippen molar-refractivity contribution in [3.8, 4) is 11.1 Å². The summed E-state index contributed by atoms with van der Waals surface area (Å²) in [5.41, 5.74) is 3.77. The van der Waals surface area contributed by atoms with Gasteiger partial charge in [-0.05, 0) is 55.8 Å². The Morgan fingerprint density at radius 1 is 1.03 bits per heavy atom. The van der Waals surface area contributed by atoms with Gasteiger partial charge in [-0.3, -0.25) is 10.1 Å². The number of H-pyrrole nitrogens is 1. The number of hydrogen-bond donors (Lipinski definition) is 5. The van der Waals surface area contributed by atoms with Crippen molar-refractivity contribution in [1.82, 2.24) is 15.3 Å². The van der Waals surface area contributed by atoms with Crippen molar-refractivity contribution >= 4 is 17.7 Å². The van der Waals surface area contributed by atoms with Crippen LogP contribution < -0.4 is 27.2 Å². The Hall–Kier alpha value is -3.77. The fraction of sp³-hybridized carbons (Fsp3) is 0.227. The molecule has 0 aliphatic carbocycles. The maximum absolute atomic E-state index is 14.4. The number of halogens is 4. The topological polar surface area (TPSA) is 125 Å². The normalized spacial score (nSPS) is 10.9. The molecular formula is C22H22F4N6O2. The predicted molar refractivity (Wildman–Crippen MR) is 119 cm³/mol. The highest BCUT2D eigenvalue weighted by molar-refractivity contribution is 5.98. The molecule has 8 nitrogen and oxygen atoms in total. The van der Waals surface area contributed by atoms with Gasteiger partial charge in [0.25, 0.3) is 5.56 Å². The van der Waals surface area contributed by atoms with E-state index in [-0.39, 0.29) is 34.7 Å². The van der Waals surface area contributed by atoms with Crippen LogP contribution in [0.4, 0.5) is 34.0 Å². The SMILES string of the molecule is Cc1cc(F)c(NC(=O)Nc2nc(=O)c(-c3cc(F)c(CNCCCN)c(F)c3)c[nH]2)cc1F. The molecular weight excluding hydrogens is 456 g/mol. The minimum atomic E-state index is -0.998. The summed E-state index contributed by atoms with van der Waals surface area (Å²) in [6.07, 6.45) is 1.77. The fourth-order valence-corrected chi connectivity index (χ4v) is 3.04. The van der Waals surface area contributed by atoms with Gasteiger partial charge in [0.1, 0.15) is 23.3 Å². The van der Waals surface area contributed by atoms with E-state index in [9.17, 15) is 27.2 Å². The van der Waals surface area contributed by atoms with Crippen molar-refractivity contribution in [2.75, 3.05) is 23.7 Å². The van der Waals surface area contributed by atoms with E-state index in [4.69, 9.17) is 5.73 Å². The molecule has 0 saturated heterocycles. The number of benzene rings is 2. The molecule has 0 radical (unpaired) electrons. The minimum Gasteiger partial charge on any atom is -0.331 e. The van der Waals surface area contributed by atoms with E-state index in [2.05, 4.69) is 25.9 Å². The number of hydrogen-bond acceptors (Lipinski definition) is 5. The van der Waals surface area contributed by atoms with Crippen LogP contribution in [-0.4, -0.2) is 29.1 Å². The van der Waals surface area contributed by atoms with Crippen molar-refractivity contribution in [1.29, 1.82) is 0 Å². The Kier molecular flexibility index (Phi) is 7.97. The Morgan fingerprint density at radius 3 is 2.38 bits per heavy atom. The minimum absolute atomic E-state index is 0.0456. The lowest BCUT2D eigenvalue weighted by atomic mass is 10.0. The van der Waals surface area contributed by atoms with Gasteiger partial charge in [0.15, 0.2) is 0 Å². The molecule has 12 heteroatoms. The number of aryl methyl sites for hydroxylation is 1. The van der Waals surface area contributed by atoms with Crippen molar-refractivity contribution in [2.24, 2.45) is 5.73 Å². The summed E-state index contributed by atoms with van der Waals surface area (Å²) in [5, 5.41) is 7.14. The van der Waals surface area contributed by atoms with Crippen LogP contribution >= 0.6 is 0 Å². The van der Waals surface area contributed by atoms with E-state index in [0.717, 1.165) is 30.5 Å². The zero-order chi connectivity index (χ0) is 24.8. The van der Waals surface area contributed by atoms with Gasteiger partial charge in [-0.2, -0.15) is 4.98 Å². The highest BCUT2D eigenvalue weighted by Gasteiger charge is 2.16. The van der Waals surface area contributed by atoms with Gasteiger partial charge in [0.05, 0.1) is 11.3 Å². The highest BCUT2D eigenvalue weighted by atomic mass is 19.1. The highest BCUT2D eigenvalue weighted by Crippen LogP contribution is 2.22. The molecule has 0 aliphatic heterocycles. The Balaban J connectivity index is 1.73. The second kappa shape index (κ2) is 10.9. The first-order valence-corrected chi connectivity index (χ1v) is 10.2. The van der Waals surface area contributed by atoms with E-state index in [0.29, 0.717) is 19.5 Å². The third kappa shape index (κ3) is 5.97. The maximum atomic E-state index is 14.4. The number of rotatable bonds is 8. The zero-order valence-corrected chi connectivity index (χ0v) is 18.1. The number of urea groups is 1. The molecule has 0 spiro atoms. The molecule has 2 aromatic carbocycles. The number of aromatic nitrogens is 2. The van der Waals surface area contributed by atoms with Gasteiger partial charge in [0, 0.05) is 24.4 Å². The first-order chi connectivity index (χ1) is 16.2. The zero-order valence-electron chi connectivity index (χ0n) is 18.1. The van der Waals surface area contributed by atoms with Crippen molar-refractivity contribution in [2.45, 2.75) is 19.9 Å². The number of amides is 2. The van der Waals surface area contributed by atoms with Gasteiger partial charge in [-0.1, -0.05) is 0 Å². The van der Waals surface area contributed by atoms with Crippen molar-refractivity contribution in [3.63, 3.8) is 0 Å². The van der Waals surface area contributed by atoms with Crippen molar-refractivity contribution in [3.05, 3.63) is 75.2 Å². The van der Waals surface area contributed by atoms with Crippen LogP contribution in [0.5, 0.6) is 0 Å². The molecule has 34 heavy (non-hydrogen) atoms. The third-order valence-corrected chi connectivity index (χ3v) is 4.84. The van der Waals surface area contributed by atoms with E-state index in [1.165, 1.54) is 6.92 Å². The van der Waals surface area contributed by atoms with Crippen LogP contribution in [0, 0.1) is 30.2 Å². The summed E-state index contributed by atoms with van der Waals surface area (Å²) in [5.74, 6) is -3.58. The molecule has 1 heterocycles. The van der Waals surface area contributed by atoms with Crippen LogP contribution in [-0.2, 0) is 6.54 Å². The second-order valence-corrected chi connectivity index (χ2v) is 7.37. The summed E-state index contributed by atoms with van der Waals surface area (Å²) >= 11 is 0. The lowest BCUT2D eigenvalue weighted by Crippen LogP contribution is -2.24. The molecule has 3 rings (SSSR count). The number of nitrogens with one attached hydrogen (secondary N) is 4. The average Bonchev–Trinajstić information content (AvgIpc) is 2.76. The summed E-state index contributed by atoms with van der Waals surface area (Å²) in [6, 6.07) is 2.73. The molecule has 3 aromatic rings.